The minimum atomic E-state index is 0.768. The fraction of sp³-hybridized carbons (Fsp3) is 0.0364. The van der Waals surface area contributed by atoms with Crippen LogP contribution in [0.5, 0.6) is 0 Å². The van der Waals surface area contributed by atoms with Crippen LogP contribution in [0.2, 0.25) is 0 Å². The summed E-state index contributed by atoms with van der Waals surface area (Å²) in [7, 11) is 0. The van der Waals surface area contributed by atoms with Gasteiger partial charge in [0.05, 0.1) is 0 Å². The van der Waals surface area contributed by atoms with Gasteiger partial charge in [0.25, 0.3) is 0 Å². The molecular formula is C55H35NO3. The van der Waals surface area contributed by atoms with Gasteiger partial charge in [-0.05, 0) is 147 Å². The van der Waals surface area contributed by atoms with Crippen LogP contribution in [0.3, 0.4) is 0 Å². The molecule has 0 N–H and O–H groups in total. The summed E-state index contributed by atoms with van der Waals surface area (Å²) < 4.78 is 18.7. The first-order valence-corrected chi connectivity index (χ1v) is 20.1. The number of allylic oxidation sites excluding steroid dienone is 6. The Bertz CT molecular complexity index is 3450. The summed E-state index contributed by atoms with van der Waals surface area (Å²) in [6.07, 6.45) is 18.5. The smallest absolute Gasteiger partial charge is 0.153 e. The minimum absolute atomic E-state index is 0.768. The molecule has 0 aliphatic heterocycles. The predicted molar refractivity (Wildman–Crippen MR) is 242 cm³/mol. The van der Waals surface area contributed by atoms with Gasteiger partial charge in [-0.2, -0.15) is 0 Å². The van der Waals surface area contributed by atoms with Crippen LogP contribution in [0.4, 0.5) is 0 Å². The summed E-state index contributed by atoms with van der Waals surface area (Å²) in [5.41, 5.74) is 18.5. The molecule has 0 spiro atoms. The largest absolute Gasteiger partial charge is 0.456 e. The number of hydrogen-bond acceptors (Lipinski definition) is 4. The Morgan fingerprint density at radius 2 is 0.915 bits per heavy atom. The van der Waals surface area contributed by atoms with Crippen LogP contribution in [0.1, 0.15) is 28.2 Å². The molecule has 0 atom stereocenters. The van der Waals surface area contributed by atoms with Gasteiger partial charge in [-0.1, -0.05) is 103 Å². The zero-order valence-corrected chi connectivity index (χ0v) is 32.0. The van der Waals surface area contributed by atoms with Crippen molar-refractivity contribution in [1.29, 1.82) is 0 Å². The Hall–Kier alpha value is -7.69. The normalized spacial score (nSPS) is 13.5. The Labute approximate surface area is 340 Å². The molecule has 12 rings (SSSR count). The molecule has 4 heterocycles. The molecule has 0 bridgehead atoms. The van der Waals surface area contributed by atoms with Crippen LogP contribution in [-0.2, 0) is 12.8 Å². The van der Waals surface area contributed by atoms with Gasteiger partial charge >= 0.3 is 0 Å². The van der Waals surface area contributed by atoms with E-state index in [1.54, 1.807) is 0 Å². The maximum Gasteiger partial charge on any atom is 0.153 e. The van der Waals surface area contributed by atoms with Crippen molar-refractivity contribution in [3.8, 4) is 44.5 Å². The van der Waals surface area contributed by atoms with Gasteiger partial charge in [-0.25, -0.2) is 0 Å². The molecule has 2 aliphatic rings. The standard InChI is InChI=1S/C55H35NO3/c1-2-14-44-46-31-41(19-24-51(46)57-49(44)15-3-1)39-12-5-9-36(29-39)37-10-6-13-40(30-37)42-20-25-52-47(32-42)45-22-17-34(18-23-50(45)58-52)35-8-4-11-38(28-35)43-21-26-53-48(33-43)55-54(59-53)16-7-27-56-55/h1-13,15-21,23-33H,14,22H2. The number of rotatable bonds is 5. The third kappa shape index (κ3) is 5.80. The van der Waals surface area contributed by atoms with E-state index in [0.717, 1.165) is 85.2 Å². The van der Waals surface area contributed by atoms with Gasteiger partial charge in [0.2, 0.25) is 0 Å². The second-order valence-corrected chi connectivity index (χ2v) is 15.4. The number of fused-ring (bicyclic) bond motifs is 9. The maximum absolute atomic E-state index is 6.47. The van der Waals surface area contributed by atoms with Crippen molar-refractivity contribution in [2.24, 2.45) is 0 Å². The highest BCUT2D eigenvalue weighted by Gasteiger charge is 2.18. The molecule has 0 saturated carbocycles. The summed E-state index contributed by atoms with van der Waals surface area (Å²) in [5, 5.41) is 3.35. The van der Waals surface area contributed by atoms with Gasteiger partial charge in [-0.15, -0.1) is 0 Å². The summed E-state index contributed by atoms with van der Waals surface area (Å²) in [6, 6.07) is 49.8. The molecule has 278 valence electrons. The Morgan fingerprint density at radius 3 is 1.56 bits per heavy atom. The third-order valence-electron chi connectivity index (χ3n) is 11.9. The molecule has 4 aromatic heterocycles. The highest BCUT2D eigenvalue weighted by atomic mass is 16.3. The van der Waals surface area contributed by atoms with Gasteiger partial charge < -0.3 is 13.3 Å². The van der Waals surface area contributed by atoms with Crippen LogP contribution in [0, 0.1) is 0 Å². The lowest BCUT2D eigenvalue weighted by Crippen LogP contribution is -1.86. The summed E-state index contributed by atoms with van der Waals surface area (Å²) >= 11 is 0. The second-order valence-electron chi connectivity index (χ2n) is 15.4. The number of furan rings is 3. The van der Waals surface area contributed by atoms with Crippen LogP contribution in [-0.4, -0.2) is 4.98 Å². The Balaban J connectivity index is 0.833. The first-order chi connectivity index (χ1) is 29.2. The lowest BCUT2D eigenvalue weighted by Gasteiger charge is -2.09. The molecule has 0 unspecified atom stereocenters. The lowest BCUT2D eigenvalue weighted by molar-refractivity contribution is 0.600. The molecule has 2 aliphatic carbocycles. The van der Waals surface area contributed by atoms with Crippen LogP contribution in [0.25, 0.3) is 106 Å². The highest BCUT2D eigenvalue weighted by molar-refractivity contribution is 6.04. The van der Waals surface area contributed by atoms with E-state index in [9.17, 15) is 0 Å². The molecule has 10 aromatic rings. The van der Waals surface area contributed by atoms with E-state index in [1.165, 1.54) is 49.9 Å². The van der Waals surface area contributed by atoms with E-state index < -0.39 is 0 Å². The van der Waals surface area contributed by atoms with Crippen molar-refractivity contribution in [3.05, 3.63) is 204 Å². The van der Waals surface area contributed by atoms with E-state index in [-0.39, 0.29) is 0 Å². The molecular weight excluding hydrogens is 723 g/mol. The monoisotopic (exact) mass is 757 g/mol. The zero-order chi connectivity index (χ0) is 38.9. The fourth-order valence-electron chi connectivity index (χ4n) is 8.86. The summed E-state index contributed by atoms with van der Waals surface area (Å²) in [6.45, 7) is 0. The van der Waals surface area contributed by atoms with Gasteiger partial charge in [0.15, 0.2) is 5.58 Å². The molecule has 0 fully saturated rings. The van der Waals surface area contributed by atoms with E-state index in [0.29, 0.717) is 0 Å². The Morgan fingerprint density at radius 1 is 0.390 bits per heavy atom. The molecule has 6 aromatic carbocycles. The topological polar surface area (TPSA) is 52.3 Å². The van der Waals surface area contributed by atoms with Crippen LogP contribution in [0.15, 0.2) is 189 Å². The number of hydrogen-bond donors (Lipinski definition) is 0. The summed E-state index contributed by atoms with van der Waals surface area (Å²) in [5.74, 6) is 1.86. The van der Waals surface area contributed by atoms with E-state index >= 15 is 0 Å². The molecule has 0 saturated heterocycles. The van der Waals surface area contributed by atoms with Crippen molar-refractivity contribution in [3.63, 3.8) is 0 Å². The van der Waals surface area contributed by atoms with Crippen molar-refractivity contribution in [2.45, 2.75) is 12.8 Å². The van der Waals surface area contributed by atoms with E-state index in [1.807, 2.05) is 30.5 Å². The number of nitrogens with zero attached hydrogens (tertiary/aromatic N) is 1. The van der Waals surface area contributed by atoms with E-state index in [4.69, 9.17) is 13.3 Å². The van der Waals surface area contributed by atoms with Crippen molar-refractivity contribution >= 4 is 61.7 Å². The quantitative estimate of drug-likeness (QED) is 0.175. The molecule has 0 amide bonds. The highest BCUT2D eigenvalue weighted by Crippen LogP contribution is 2.38. The van der Waals surface area contributed by atoms with Gasteiger partial charge in [-0.3, -0.25) is 4.98 Å². The van der Waals surface area contributed by atoms with Crippen LogP contribution >= 0.6 is 0 Å². The van der Waals surface area contributed by atoms with Gasteiger partial charge in [0, 0.05) is 33.5 Å². The Kier molecular flexibility index (Phi) is 7.63. The molecule has 0 radical (unpaired) electrons. The minimum Gasteiger partial charge on any atom is -0.456 e. The number of aromatic nitrogens is 1. The summed E-state index contributed by atoms with van der Waals surface area (Å²) in [4.78, 5) is 4.58. The zero-order valence-electron chi connectivity index (χ0n) is 32.0. The number of benzene rings is 6. The van der Waals surface area contributed by atoms with Crippen molar-refractivity contribution < 1.29 is 13.3 Å². The predicted octanol–water partition coefficient (Wildman–Crippen LogP) is 14.9. The average Bonchev–Trinajstić information content (AvgIpc) is 3.82. The maximum atomic E-state index is 6.47. The molecule has 4 heteroatoms. The van der Waals surface area contributed by atoms with E-state index in [2.05, 4.69) is 163 Å². The molecule has 4 nitrogen and oxygen atoms in total. The third-order valence-corrected chi connectivity index (χ3v) is 11.9. The lowest BCUT2D eigenvalue weighted by atomic mass is 9.94. The van der Waals surface area contributed by atoms with Crippen LogP contribution < -0.4 is 0 Å². The van der Waals surface area contributed by atoms with Crippen molar-refractivity contribution in [1.82, 2.24) is 4.98 Å². The number of pyridine rings is 1. The molecule has 59 heavy (non-hydrogen) atoms. The fourth-order valence-corrected chi connectivity index (χ4v) is 8.86. The first-order valence-electron chi connectivity index (χ1n) is 20.1. The SMILES string of the molecule is C1=CCc2c(oc3ccc(-c4cccc(-c5cccc(-c6ccc7oc8c(c7c6)CC=C(c6cccc(-c7ccc9oc%10cccnc%10c9c7)c6)C=C8)c5)c4)cc23)C=C1. The van der Waals surface area contributed by atoms with Gasteiger partial charge in [0.1, 0.15) is 33.8 Å². The second kappa shape index (κ2) is 13.5. The average molecular weight is 758 g/mol. The van der Waals surface area contributed by atoms with Crippen molar-refractivity contribution in [2.75, 3.05) is 0 Å². The first kappa shape index (κ1) is 33.4.